The van der Waals surface area contributed by atoms with Crippen LogP contribution in [0.5, 0.6) is 0 Å². The standard InChI is InChI=1S/C27H20ClN5O2S/c1-17-15-23-24(32-33(31-23)20-9-7-19(28)8-10-20)16-22(17)29-27(36)30-26(34)14-12-21-11-13-25(35-21)18-5-3-2-4-6-18/h2-16H,1H3,(H2,29,30,34,36)/b14-12+. The molecule has 36 heavy (non-hydrogen) atoms. The lowest BCUT2D eigenvalue weighted by Crippen LogP contribution is -2.33. The molecule has 178 valence electrons. The maximum absolute atomic E-state index is 12.4. The van der Waals surface area contributed by atoms with Crippen LogP contribution in [0.1, 0.15) is 11.3 Å². The minimum atomic E-state index is -0.377. The van der Waals surface area contributed by atoms with E-state index in [-0.39, 0.29) is 11.0 Å². The van der Waals surface area contributed by atoms with Gasteiger partial charge in [0, 0.05) is 22.3 Å². The second-order valence-electron chi connectivity index (χ2n) is 7.97. The molecule has 7 nitrogen and oxygen atoms in total. The second kappa shape index (κ2) is 10.2. The molecule has 0 radical (unpaired) electrons. The number of hydrogen-bond donors (Lipinski definition) is 2. The van der Waals surface area contributed by atoms with E-state index < -0.39 is 0 Å². The van der Waals surface area contributed by atoms with Gasteiger partial charge in [-0.05, 0) is 79.3 Å². The maximum atomic E-state index is 12.4. The van der Waals surface area contributed by atoms with Gasteiger partial charge in [0.15, 0.2) is 5.11 Å². The predicted molar refractivity (Wildman–Crippen MR) is 146 cm³/mol. The number of rotatable bonds is 5. The third-order valence-electron chi connectivity index (χ3n) is 5.35. The Morgan fingerprint density at radius 2 is 1.72 bits per heavy atom. The van der Waals surface area contributed by atoms with Gasteiger partial charge in [-0.3, -0.25) is 10.1 Å². The molecule has 0 aliphatic rings. The second-order valence-corrected chi connectivity index (χ2v) is 8.81. The van der Waals surface area contributed by atoms with Gasteiger partial charge in [-0.25, -0.2) is 0 Å². The molecule has 2 heterocycles. The molecule has 1 amide bonds. The molecule has 0 aliphatic carbocycles. The molecule has 5 aromatic rings. The highest BCUT2D eigenvalue weighted by Gasteiger charge is 2.11. The van der Waals surface area contributed by atoms with E-state index in [1.807, 2.05) is 67.6 Å². The lowest BCUT2D eigenvalue weighted by Gasteiger charge is -2.10. The normalized spacial score (nSPS) is 11.2. The van der Waals surface area contributed by atoms with Crippen LogP contribution in [-0.2, 0) is 4.79 Å². The van der Waals surface area contributed by atoms with Gasteiger partial charge in [0.1, 0.15) is 22.6 Å². The van der Waals surface area contributed by atoms with Gasteiger partial charge >= 0.3 is 0 Å². The molecule has 0 unspecified atom stereocenters. The van der Waals surface area contributed by atoms with Crippen LogP contribution in [0.25, 0.3) is 34.1 Å². The Hall–Kier alpha value is -4.27. The molecule has 3 aromatic carbocycles. The average Bonchev–Trinajstić information content (AvgIpc) is 3.51. The minimum Gasteiger partial charge on any atom is -0.457 e. The van der Waals surface area contributed by atoms with Crippen LogP contribution in [-0.4, -0.2) is 26.0 Å². The average molecular weight is 514 g/mol. The number of halogens is 1. The Labute approximate surface area is 217 Å². The summed E-state index contributed by atoms with van der Waals surface area (Å²) in [6.45, 7) is 1.93. The number of anilines is 1. The van der Waals surface area contributed by atoms with Crippen LogP contribution in [0.4, 0.5) is 5.69 Å². The summed E-state index contributed by atoms with van der Waals surface area (Å²) in [6.07, 6.45) is 2.96. The highest BCUT2D eigenvalue weighted by molar-refractivity contribution is 7.80. The highest BCUT2D eigenvalue weighted by atomic mass is 35.5. The molecule has 0 bridgehead atoms. The Morgan fingerprint density at radius 1 is 1.00 bits per heavy atom. The lowest BCUT2D eigenvalue weighted by molar-refractivity contribution is -0.115. The maximum Gasteiger partial charge on any atom is 0.250 e. The van der Waals surface area contributed by atoms with Crippen molar-refractivity contribution in [3.05, 3.63) is 101 Å². The van der Waals surface area contributed by atoms with Crippen molar-refractivity contribution in [2.75, 3.05) is 5.32 Å². The van der Waals surface area contributed by atoms with Crippen LogP contribution in [0.3, 0.4) is 0 Å². The number of nitrogens with one attached hydrogen (secondary N) is 2. The lowest BCUT2D eigenvalue weighted by atomic mass is 10.2. The summed E-state index contributed by atoms with van der Waals surface area (Å²) in [7, 11) is 0. The first-order valence-corrected chi connectivity index (χ1v) is 11.8. The van der Waals surface area contributed by atoms with E-state index in [1.54, 1.807) is 29.1 Å². The van der Waals surface area contributed by atoms with Crippen LogP contribution in [0, 0.1) is 6.92 Å². The zero-order valence-electron chi connectivity index (χ0n) is 19.1. The fourth-order valence-electron chi connectivity index (χ4n) is 3.56. The molecular formula is C27H20ClN5O2S. The van der Waals surface area contributed by atoms with Crippen molar-refractivity contribution in [3.63, 3.8) is 0 Å². The fourth-order valence-corrected chi connectivity index (χ4v) is 3.89. The minimum absolute atomic E-state index is 0.168. The van der Waals surface area contributed by atoms with Gasteiger partial charge in [0.25, 0.3) is 0 Å². The molecule has 0 atom stereocenters. The van der Waals surface area contributed by atoms with Crippen molar-refractivity contribution in [1.29, 1.82) is 0 Å². The summed E-state index contributed by atoms with van der Waals surface area (Å²) < 4.78 is 5.78. The van der Waals surface area contributed by atoms with Crippen LogP contribution < -0.4 is 10.6 Å². The number of furan rings is 1. The summed E-state index contributed by atoms with van der Waals surface area (Å²) in [5.41, 5.74) is 4.80. The molecule has 0 saturated carbocycles. The molecule has 0 aliphatic heterocycles. The number of thiocarbonyl (C=S) groups is 1. The van der Waals surface area contributed by atoms with Crippen LogP contribution in [0.2, 0.25) is 5.02 Å². The van der Waals surface area contributed by atoms with Crippen molar-refractivity contribution >= 4 is 57.6 Å². The van der Waals surface area contributed by atoms with Gasteiger partial charge in [-0.2, -0.15) is 4.80 Å². The number of aromatic nitrogens is 3. The Morgan fingerprint density at radius 3 is 2.47 bits per heavy atom. The number of amides is 1. The van der Waals surface area contributed by atoms with Crippen molar-refractivity contribution in [3.8, 4) is 17.0 Å². The van der Waals surface area contributed by atoms with Crippen LogP contribution in [0.15, 0.2) is 89.4 Å². The topological polar surface area (TPSA) is 85.0 Å². The predicted octanol–water partition coefficient (Wildman–Crippen LogP) is 6.17. The zero-order chi connectivity index (χ0) is 25.1. The monoisotopic (exact) mass is 513 g/mol. The molecule has 2 aromatic heterocycles. The van der Waals surface area contributed by atoms with E-state index >= 15 is 0 Å². The van der Waals surface area contributed by atoms with Crippen molar-refractivity contribution in [1.82, 2.24) is 20.3 Å². The largest absolute Gasteiger partial charge is 0.457 e. The van der Waals surface area contributed by atoms with E-state index in [0.29, 0.717) is 16.3 Å². The molecule has 0 spiro atoms. The van der Waals surface area contributed by atoms with Crippen molar-refractivity contribution in [2.45, 2.75) is 6.92 Å². The number of nitrogens with zero attached hydrogens (tertiary/aromatic N) is 3. The van der Waals surface area contributed by atoms with E-state index in [9.17, 15) is 4.79 Å². The number of benzene rings is 3. The van der Waals surface area contributed by atoms with Gasteiger partial charge < -0.3 is 9.73 Å². The van der Waals surface area contributed by atoms with Gasteiger partial charge in [-0.1, -0.05) is 41.9 Å². The SMILES string of the molecule is Cc1cc2nn(-c3ccc(Cl)cc3)nc2cc1NC(=S)NC(=O)/C=C/c1ccc(-c2ccccc2)o1. The number of fused-ring (bicyclic) bond motifs is 1. The zero-order valence-corrected chi connectivity index (χ0v) is 20.7. The summed E-state index contributed by atoms with van der Waals surface area (Å²) in [5.74, 6) is 0.914. The summed E-state index contributed by atoms with van der Waals surface area (Å²) in [6, 6.07) is 24.4. The molecule has 0 saturated heterocycles. The quantitative estimate of drug-likeness (QED) is 0.216. The van der Waals surface area contributed by atoms with E-state index in [0.717, 1.165) is 33.8 Å². The Bertz CT molecular complexity index is 1590. The van der Waals surface area contributed by atoms with E-state index in [4.69, 9.17) is 28.2 Å². The first-order valence-electron chi connectivity index (χ1n) is 11.0. The van der Waals surface area contributed by atoms with Crippen molar-refractivity contribution in [2.24, 2.45) is 0 Å². The molecular weight excluding hydrogens is 494 g/mol. The number of hydrogen-bond acceptors (Lipinski definition) is 5. The number of carbonyl (C=O) groups excluding carboxylic acids is 1. The van der Waals surface area contributed by atoms with E-state index in [1.165, 1.54) is 6.08 Å². The first-order chi connectivity index (χ1) is 17.4. The molecule has 5 rings (SSSR count). The Balaban J connectivity index is 1.23. The third kappa shape index (κ3) is 5.35. The Kier molecular flexibility index (Phi) is 6.62. The third-order valence-corrected chi connectivity index (χ3v) is 5.81. The number of carbonyl (C=O) groups is 1. The molecule has 0 fully saturated rings. The van der Waals surface area contributed by atoms with Gasteiger partial charge in [0.05, 0.1) is 5.69 Å². The number of aryl methyl sites for hydroxylation is 1. The summed E-state index contributed by atoms with van der Waals surface area (Å²) in [4.78, 5) is 13.9. The van der Waals surface area contributed by atoms with E-state index in [2.05, 4.69) is 20.8 Å². The fraction of sp³-hybridized carbons (Fsp3) is 0.0370. The van der Waals surface area contributed by atoms with Gasteiger partial charge in [0.2, 0.25) is 5.91 Å². The first kappa shape index (κ1) is 23.5. The summed E-state index contributed by atoms with van der Waals surface area (Å²) >= 11 is 11.3. The summed E-state index contributed by atoms with van der Waals surface area (Å²) in [5, 5.41) is 15.6. The van der Waals surface area contributed by atoms with Crippen molar-refractivity contribution < 1.29 is 9.21 Å². The van der Waals surface area contributed by atoms with Crippen LogP contribution >= 0.6 is 23.8 Å². The highest BCUT2D eigenvalue weighted by Crippen LogP contribution is 2.23. The van der Waals surface area contributed by atoms with Gasteiger partial charge in [-0.15, -0.1) is 10.2 Å². The molecule has 2 N–H and O–H groups in total. The smallest absolute Gasteiger partial charge is 0.250 e. The molecule has 9 heteroatoms.